The number of nitrogens with one attached hydrogen (secondary N) is 2. The Kier molecular flexibility index (Phi) is 5.31. The normalized spacial score (nSPS) is 17.1. The Morgan fingerprint density at radius 1 is 1.43 bits per heavy atom. The first kappa shape index (κ1) is 15.9. The largest absolute Gasteiger partial charge is 0.497 e. The van der Waals surface area contributed by atoms with Crippen molar-refractivity contribution < 1.29 is 14.3 Å². The zero-order valence-electron chi connectivity index (χ0n) is 12.4. The molecule has 0 aliphatic carbocycles. The molecule has 21 heavy (non-hydrogen) atoms. The van der Waals surface area contributed by atoms with Gasteiger partial charge in [0.05, 0.1) is 17.8 Å². The first-order chi connectivity index (χ1) is 10.1. The molecule has 1 fully saturated rings. The summed E-state index contributed by atoms with van der Waals surface area (Å²) in [5.41, 5.74) is 0.370. The van der Waals surface area contributed by atoms with Crippen LogP contribution in [0.15, 0.2) is 18.2 Å². The van der Waals surface area contributed by atoms with Gasteiger partial charge in [0.1, 0.15) is 5.75 Å². The molecule has 2 amide bonds. The number of ether oxygens (including phenoxy) is 2. The summed E-state index contributed by atoms with van der Waals surface area (Å²) in [6.07, 6.45) is 2.53. The van der Waals surface area contributed by atoms with E-state index in [1.165, 1.54) is 0 Å². The minimum Gasteiger partial charge on any atom is -0.497 e. The van der Waals surface area contributed by atoms with Gasteiger partial charge in [-0.15, -0.1) is 0 Å². The Balaban J connectivity index is 2.00. The third-order valence-corrected chi connectivity index (χ3v) is 4.24. The Labute approximate surface area is 130 Å². The second-order valence-corrected chi connectivity index (χ2v) is 5.58. The molecule has 0 spiro atoms. The molecule has 0 radical (unpaired) electrons. The Hall–Kier alpha value is -1.46. The molecule has 0 aromatic heterocycles. The Bertz CT molecular complexity index is 502. The van der Waals surface area contributed by atoms with E-state index in [9.17, 15) is 4.79 Å². The number of halogens is 1. The van der Waals surface area contributed by atoms with Crippen molar-refractivity contribution in [2.45, 2.75) is 31.7 Å². The summed E-state index contributed by atoms with van der Waals surface area (Å²) in [6, 6.07) is 4.90. The minimum absolute atomic E-state index is 0.193. The zero-order valence-corrected chi connectivity index (χ0v) is 13.1. The second-order valence-electron chi connectivity index (χ2n) is 5.17. The van der Waals surface area contributed by atoms with Crippen LogP contribution in [0.4, 0.5) is 10.5 Å². The molecule has 1 aliphatic heterocycles. The molecule has 0 bridgehead atoms. The van der Waals surface area contributed by atoms with Gasteiger partial charge in [-0.2, -0.15) is 0 Å². The number of amides is 2. The first-order valence-electron chi connectivity index (χ1n) is 7.09. The van der Waals surface area contributed by atoms with E-state index < -0.39 is 0 Å². The molecule has 0 unspecified atom stereocenters. The lowest BCUT2D eigenvalue weighted by Crippen LogP contribution is -2.52. The number of carbonyl (C=O) groups is 1. The van der Waals surface area contributed by atoms with Crippen LogP contribution in [0.5, 0.6) is 5.75 Å². The van der Waals surface area contributed by atoms with Crippen LogP contribution in [0.1, 0.15) is 26.2 Å². The van der Waals surface area contributed by atoms with Gasteiger partial charge in [-0.3, -0.25) is 0 Å². The summed E-state index contributed by atoms with van der Waals surface area (Å²) in [5, 5.41) is 6.30. The highest BCUT2D eigenvalue weighted by Crippen LogP contribution is 2.28. The van der Waals surface area contributed by atoms with Gasteiger partial charge in [-0.05, 0) is 31.4 Å². The van der Waals surface area contributed by atoms with Crippen LogP contribution < -0.4 is 15.4 Å². The summed E-state index contributed by atoms with van der Waals surface area (Å²) in [7, 11) is 1.57. The Morgan fingerprint density at radius 2 is 2.14 bits per heavy atom. The van der Waals surface area contributed by atoms with Gasteiger partial charge < -0.3 is 20.1 Å². The maximum atomic E-state index is 12.2. The van der Waals surface area contributed by atoms with E-state index in [1.807, 2.05) is 0 Å². The SMILES string of the molecule is CCC1(NC(=O)Nc2ccc(OC)cc2Cl)CCOCC1. The highest BCUT2D eigenvalue weighted by molar-refractivity contribution is 6.33. The predicted molar refractivity (Wildman–Crippen MR) is 83.2 cm³/mol. The van der Waals surface area contributed by atoms with E-state index in [1.54, 1.807) is 25.3 Å². The third-order valence-electron chi connectivity index (χ3n) is 3.93. The monoisotopic (exact) mass is 312 g/mol. The summed E-state index contributed by atoms with van der Waals surface area (Å²) < 4.78 is 10.4. The summed E-state index contributed by atoms with van der Waals surface area (Å²) >= 11 is 6.12. The smallest absolute Gasteiger partial charge is 0.319 e. The quantitative estimate of drug-likeness (QED) is 0.895. The molecule has 2 rings (SSSR count). The van der Waals surface area contributed by atoms with Crippen molar-refractivity contribution >= 4 is 23.3 Å². The average Bonchev–Trinajstić information content (AvgIpc) is 2.50. The standard InChI is InChI=1S/C15H21ClN2O3/c1-3-15(6-8-21-9-7-15)18-14(19)17-13-5-4-11(20-2)10-12(13)16/h4-5,10H,3,6-9H2,1-2H3,(H2,17,18,19). The lowest BCUT2D eigenvalue weighted by molar-refractivity contribution is 0.0416. The predicted octanol–water partition coefficient (Wildman–Crippen LogP) is 3.43. The lowest BCUT2D eigenvalue weighted by atomic mass is 9.87. The van der Waals surface area contributed by atoms with Crippen molar-refractivity contribution in [3.8, 4) is 5.75 Å². The van der Waals surface area contributed by atoms with E-state index >= 15 is 0 Å². The number of urea groups is 1. The molecule has 6 heteroatoms. The zero-order chi connectivity index (χ0) is 15.3. The van der Waals surface area contributed by atoms with E-state index in [4.69, 9.17) is 21.1 Å². The molecular weight excluding hydrogens is 292 g/mol. The van der Waals surface area contributed by atoms with Crippen LogP contribution in [0.25, 0.3) is 0 Å². The molecule has 1 aromatic rings. The molecule has 116 valence electrons. The van der Waals surface area contributed by atoms with E-state index in [0.29, 0.717) is 29.7 Å². The van der Waals surface area contributed by atoms with E-state index in [0.717, 1.165) is 19.3 Å². The molecule has 1 aromatic carbocycles. The fraction of sp³-hybridized carbons (Fsp3) is 0.533. The number of methoxy groups -OCH3 is 1. The fourth-order valence-corrected chi connectivity index (χ4v) is 2.67. The summed E-state index contributed by atoms with van der Waals surface area (Å²) in [6.45, 7) is 3.43. The van der Waals surface area contributed by atoms with Crippen molar-refractivity contribution in [3.05, 3.63) is 23.2 Å². The number of hydrogen-bond donors (Lipinski definition) is 2. The number of anilines is 1. The number of benzene rings is 1. The van der Waals surface area contributed by atoms with Gasteiger partial charge >= 0.3 is 6.03 Å². The van der Waals surface area contributed by atoms with Gasteiger partial charge in [0.25, 0.3) is 0 Å². The van der Waals surface area contributed by atoms with Crippen LogP contribution in [-0.2, 0) is 4.74 Å². The third kappa shape index (κ3) is 4.02. The van der Waals surface area contributed by atoms with Gasteiger partial charge in [0.2, 0.25) is 0 Å². The Morgan fingerprint density at radius 3 is 2.71 bits per heavy atom. The molecule has 0 saturated carbocycles. The van der Waals surface area contributed by atoms with Crippen molar-refractivity contribution in [1.29, 1.82) is 0 Å². The maximum Gasteiger partial charge on any atom is 0.319 e. The summed E-state index contributed by atoms with van der Waals surface area (Å²) in [5.74, 6) is 0.653. The summed E-state index contributed by atoms with van der Waals surface area (Å²) in [4.78, 5) is 12.2. The average molecular weight is 313 g/mol. The van der Waals surface area contributed by atoms with Crippen LogP contribution in [0.2, 0.25) is 5.02 Å². The number of carbonyl (C=O) groups excluding carboxylic acids is 1. The molecular formula is C15H21ClN2O3. The van der Waals surface area contributed by atoms with Crippen molar-refractivity contribution in [1.82, 2.24) is 5.32 Å². The number of hydrogen-bond acceptors (Lipinski definition) is 3. The van der Waals surface area contributed by atoms with Gasteiger partial charge in [0, 0.05) is 24.8 Å². The van der Waals surface area contributed by atoms with E-state index in [-0.39, 0.29) is 11.6 Å². The molecule has 1 saturated heterocycles. The number of rotatable bonds is 4. The molecule has 2 N–H and O–H groups in total. The van der Waals surface area contributed by atoms with Crippen LogP contribution in [-0.4, -0.2) is 31.9 Å². The topological polar surface area (TPSA) is 59.6 Å². The fourth-order valence-electron chi connectivity index (χ4n) is 2.45. The van der Waals surface area contributed by atoms with Crippen molar-refractivity contribution in [2.24, 2.45) is 0 Å². The van der Waals surface area contributed by atoms with Gasteiger partial charge in [-0.1, -0.05) is 18.5 Å². The van der Waals surface area contributed by atoms with Crippen molar-refractivity contribution in [3.63, 3.8) is 0 Å². The molecule has 0 atom stereocenters. The second kappa shape index (κ2) is 7.00. The molecule has 1 aliphatic rings. The van der Waals surface area contributed by atoms with Crippen LogP contribution in [0, 0.1) is 0 Å². The van der Waals surface area contributed by atoms with Crippen LogP contribution in [0.3, 0.4) is 0 Å². The van der Waals surface area contributed by atoms with Gasteiger partial charge in [0.15, 0.2) is 0 Å². The molecule has 5 nitrogen and oxygen atoms in total. The first-order valence-corrected chi connectivity index (χ1v) is 7.47. The molecule has 1 heterocycles. The minimum atomic E-state index is -0.245. The highest BCUT2D eigenvalue weighted by Gasteiger charge is 2.32. The van der Waals surface area contributed by atoms with Gasteiger partial charge in [-0.25, -0.2) is 4.79 Å². The maximum absolute atomic E-state index is 12.2. The van der Waals surface area contributed by atoms with Crippen molar-refractivity contribution in [2.75, 3.05) is 25.6 Å². The highest BCUT2D eigenvalue weighted by atomic mass is 35.5. The van der Waals surface area contributed by atoms with Crippen LogP contribution >= 0.6 is 11.6 Å². The van der Waals surface area contributed by atoms with E-state index in [2.05, 4.69) is 17.6 Å². The lowest BCUT2D eigenvalue weighted by Gasteiger charge is -2.37.